The number of nitrogens with one attached hydrogen (secondary N) is 4. The number of benzene rings is 2. The zero-order chi connectivity index (χ0) is 31.6. The summed E-state index contributed by atoms with van der Waals surface area (Å²) < 4.78 is 41.5. The molecule has 0 bridgehead atoms. The molecule has 0 radical (unpaired) electrons. The minimum absolute atomic E-state index is 0.0369. The molecule has 0 aliphatic rings. The highest BCUT2D eigenvalue weighted by atomic mass is 32.3. The first-order valence-electron chi connectivity index (χ1n) is 11.0. The molecule has 0 aliphatic heterocycles. The van der Waals surface area contributed by atoms with Crippen LogP contribution in [0.5, 0.6) is 23.0 Å². The summed E-state index contributed by atoms with van der Waals surface area (Å²) in [5.74, 6) is -0.0602. The summed E-state index contributed by atoms with van der Waals surface area (Å²) in [5.41, 5.74) is 31.4. The molecule has 19 heteroatoms. The largest absolute Gasteiger partial charge is 0.504 e. The van der Waals surface area contributed by atoms with Crippen molar-refractivity contribution in [2.24, 2.45) is 22.9 Å². The number of methoxy groups -OCH3 is 2. The Morgan fingerprint density at radius 2 is 1.07 bits per heavy atom. The quantitative estimate of drug-likeness (QED) is 0.0595. The van der Waals surface area contributed by atoms with Crippen LogP contribution in [0.2, 0.25) is 0 Å². The minimum Gasteiger partial charge on any atom is -0.504 e. The fraction of sp³-hybridized carbons (Fsp3) is 0.182. The SMILES string of the molecule is COc1cc(/C=C/C(=O)NNC(N)N)ccc1O.COc1cc(/C=C/C(=O)NNC(N)N)ccc1O.O=S(=O)(O)O. The second-order valence-electron chi connectivity index (χ2n) is 7.30. The van der Waals surface area contributed by atoms with E-state index in [1.807, 2.05) is 0 Å². The Hall–Kier alpha value is -4.31. The molecule has 18 nitrogen and oxygen atoms in total. The molecule has 2 amide bonds. The van der Waals surface area contributed by atoms with Gasteiger partial charge < -0.3 is 42.6 Å². The molecule has 0 spiro atoms. The molecule has 0 heterocycles. The molecule has 2 aromatic rings. The van der Waals surface area contributed by atoms with Crippen LogP contribution in [-0.2, 0) is 20.0 Å². The van der Waals surface area contributed by atoms with E-state index in [-0.39, 0.29) is 11.5 Å². The Balaban J connectivity index is 0.000000671. The van der Waals surface area contributed by atoms with Crippen molar-refractivity contribution in [1.82, 2.24) is 21.7 Å². The Morgan fingerprint density at radius 1 is 0.756 bits per heavy atom. The number of phenols is 2. The van der Waals surface area contributed by atoms with Gasteiger partial charge in [0.2, 0.25) is 0 Å². The molecule has 0 saturated heterocycles. The lowest BCUT2D eigenvalue weighted by atomic mass is 10.2. The maximum Gasteiger partial charge on any atom is 0.394 e. The number of hydrogen-bond acceptors (Lipinski definition) is 14. The third-order valence-electron chi connectivity index (χ3n) is 3.99. The lowest BCUT2D eigenvalue weighted by Crippen LogP contribution is -2.53. The lowest BCUT2D eigenvalue weighted by Gasteiger charge is -2.07. The summed E-state index contributed by atoms with van der Waals surface area (Å²) in [4.78, 5) is 22.6. The Kier molecular flexibility index (Phi) is 16.9. The van der Waals surface area contributed by atoms with Crippen LogP contribution in [0.4, 0.5) is 0 Å². The minimum atomic E-state index is -4.67. The Labute approximate surface area is 235 Å². The number of aromatic hydroxyl groups is 2. The summed E-state index contributed by atoms with van der Waals surface area (Å²) in [7, 11) is -1.77. The highest BCUT2D eigenvalue weighted by Gasteiger charge is 2.03. The van der Waals surface area contributed by atoms with E-state index in [0.29, 0.717) is 22.6 Å². The molecule has 0 fully saturated rings. The second-order valence-corrected chi connectivity index (χ2v) is 8.19. The van der Waals surface area contributed by atoms with Gasteiger partial charge in [-0.15, -0.1) is 0 Å². The third-order valence-corrected chi connectivity index (χ3v) is 3.99. The van der Waals surface area contributed by atoms with E-state index in [0.717, 1.165) is 0 Å². The first-order chi connectivity index (χ1) is 19.0. The van der Waals surface area contributed by atoms with Gasteiger partial charge in [-0.3, -0.25) is 29.5 Å². The number of hydrazine groups is 2. The van der Waals surface area contributed by atoms with Gasteiger partial charge in [0, 0.05) is 12.2 Å². The van der Waals surface area contributed by atoms with Crippen LogP contribution in [0, 0.1) is 0 Å². The molecule has 228 valence electrons. The van der Waals surface area contributed by atoms with Crippen LogP contribution in [0.1, 0.15) is 11.1 Å². The molecular weight excluding hydrogens is 568 g/mol. The van der Waals surface area contributed by atoms with Gasteiger partial charge in [0.05, 0.1) is 14.2 Å². The van der Waals surface area contributed by atoms with Crippen molar-refractivity contribution in [1.29, 1.82) is 0 Å². The van der Waals surface area contributed by atoms with Crippen molar-refractivity contribution in [2.45, 2.75) is 12.6 Å². The maximum absolute atomic E-state index is 11.3. The monoisotopic (exact) mass is 602 g/mol. The standard InChI is InChI=1S/2C11H16N4O3.H2O4S/c2*1-18-9-6-7(2-4-8(9)16)3-5-10(17)14-15-11(12)13;1-5(2,3)4/h2*2-6,11,15-16H,12-13H2,1H3,(H,14,17);(H2,1,2,3,4)/b2*5-3+;. The summed E-state index contributed by atoms with van der Waals surface area (Å²) in [6.07, 6.45) is 4.05. The molecule has 41 heavy (non-hydrogen) atoms. The molecule has 2 rings (SSSR count). The van der Waals surface area contributed by atoms with Crippen LogP contribution in [-0.4, -0.2) is 66.3 Å². The van der Waals surface area contributed by atoms with E-state index in [1.165, 1.54) is 38.5 Å². The molecular formula is C22H34N8O10S. The molecule has 2 aromatic carbocycles. The van der Waals surface area contributed by atoms with Crippen LogP contribution in [0.15, 0.2) is 48.6 Å². The summed E-state index contributed by atoms with van der Waals surface area (Å²) in [6, 6.07) is 9.44. The van der Waals surface area contributed by atoms with Crippen molar-refractivity contribution in [3.63, 3.8) is 0 Å². The lowest BCUT2D eigenvalue weighted by molar-refractivity contribution is -0.118. The average Bonchev–Trinajstić information content (AvgIpc) is 2.89. The predicted molar refractivity (Wildman–Crippen MR) is 148 cm³/mol. The molecule has 0 aliphatic carbocycles. The van der Waals surface area contributed by atoms with E-state index >= 15 is 0 Å². The number of ether oxygens (including phenoxy) is 2. The van der Waals surface area contributed by atoms with Crippen molar-refractivity contribution < 1.29 is 46.8 Å². The van der Waals surface area contributed by atoms with Crippen molar-refractivity contribution >= 4 is 34.4 Å². The van der Waals surface area contributed by atoms with Gasteiger partial charge in [0.15, 0.2) is 23.0 Å². The fourth-order valence-electron chi connectivity index (χ4n) is 2.33. The zero-order valence-electron chi connectivity index (χ0n) is 21.9. The van der Waals surface area contributed by atoms with Crippen LogP contribution >= 0.6 is 0 Å². The van der Waals surface area contributed by atoms with Gasteiger partial charge >= 0.3 is 10.4 Å². The number of carbonyl (C=O) groups excluding carboxylic acids is 2. The van der Waals surface area contributed by atoms with Crippen molar-refractivity contribution in [3.8, 4) is 23.0 Å². The number of phenolic OH excluding ortho intramolecular Hbond substituents is 2. The van der Waals surface area contributed by atoms with Gasteiger partial charge in [-0.05, 0) is 47.5 Å². The molecule has 0 saturated carbocycles. The highest BCUT2D eigenvalue weighted by Crippen LogP contribution is 2.27. The van der Waals surface area contributed by atoms with E-state index < -0.39 is 34.8 Å². The summed E-state index contributed by atoms with van der Waals surface area (Å²) in [6.45, 7) is 0. The first kappa shape index (κ1) is 36.7. The van der Waals surface area contributed by atoms with Crippen LogP contribution in [0.3, 0.4) is 0 Å². The molecule has 16 N–H and O–H groups in total. The third kappa shape index (κ3) is 19.4. The predicted octanol–water partition coefficient (Wildman–Crippen LogP) is -2.18. The van der Waals surface area contributed by atoms with Crippen molar-refractivity contribution in [2.75, 3.05) is 14.2 Å². The van der Waals surface area contributed by atoms with Gasteiger partial charge in [0.25, 0.3) is 11.8 Å². The number of amides is 2. The number of nitrogens with two attached hydrogens (primary N) is 4. The first-order valence-corrected chi connectivity index (χ1v) is 12.4. The fourth-order valence-corrected chi connectivity index (χ4v) is 2.33. The number of rotatable bonds is 10. The van der Waals surface area contributed by atoms with Gasteiger partial charge in [-0.25, -0.2) is 10.9 Å². The zero-order valence-corrected chi connectivity index (χ0v) is 22.7. The van der Waals surface area contributed by atoms with Crippen molar-refractivity contribution in [3.05, 3.63) is 59.7 Å². The van der Waals surface area contributed by atoms with E-state index in [4.69, 9.17) is 49.9 Å². The van der Waals surface area contributed by atoms with E-state index in [2.05, 4.69) is 21.7 Å². The molecule has 0 unspecified atom stereocenters. The van der Waals surface area contributed by atoms with Gasteiger partial charge in [0.1, 0.15) is 12.6 Å². The normalized spacial score (nSPS) is 11.0. The number of hydrogen-bond donors (Lipinski definition) is 12. The van der Waals surface area contributed by atoms with Gasteiger partial charge in [-0.1, -0.05) is 12.1 Å². The smallest absolute Gasteiger partial charge is 0.394 e. The maximum atomic E-state index is 11.3. The van der Waals surface area contributed by atoms with Gasteiger partial charge in [-0.2, -0.15) is 8.42 Å². The average molecular weight is 603 g/mol. The molecule has 0 aromatic heterocycles. The summed E-state index contributed by atoms with van der Waals surface area (Å²) >= 11 is 0. The summed E-state index contributed by atoms with van der Waals surface area (Å²) in [5, 5.41) is 18.8. The second kappa shape index (κ2) is 18.9. The topological polar surface area (TPSA) is 320 Å². The number of carbonyl (C=O) groups is 2. The van der Waals surface area contributed by atoms with Crippen LogP contribution in [0.25, 0.3) is 12.2 Å². The van der Waals surface area contributed by atoms with E-state index in [1.54, 1.807) is 36.4 Å². The Bertz CT molecular complexity index is 1200. The molecule has 0 atom stereocenters. The Morgan fingerprint density at radius 3 is 1.34 bits per heavy atom. The van der Waals surface area contributed by atoms with E-state index in [9.17, 15) is 19.8 Å². The highest BCUT2D eigenvalue weighted by molar-refractivity contribution is 7.79. The van der Waals surface area contributed by atoms with Crippen LogP contribution < -0.4 is 54.1 Å².